The molecule has 0 saturated heterocycles. The highest BCUT2D eigenvalue weighted by Crippen LogP contribution is 2.50. The van der Waals surface area contributed by atoms with Gasteiger partial charge in [0.15, 0.2) is 0 Å². The lowest BCUT2D eigenvalue weighted by atomic mass is 9.92. The second-order valence-electron chi connectivity index (χ2n) is 12.7. The van der Waals surface area contributed by atoms with Crippen molar-refractivity contribution in [2.45, 2.75) is 12.0 Å². The summed E-state index contributed by atoms with van der Waals surface area (Å²) in [6.07, 6.45) is 12.4. The van der Waals surface area contributed by atoms with Crippen LogP contribution in [0.15, 0.2) is 175 Å². The summed E-state index contributed by atoms with van der Waals surface area (Å²) in [4.78, 5) is 6.72. The lowest BCUT2D eigenvalue weighted by molar-refractivity contribution is 0.269. The van der Waals surface area contributed by atoms with E-state index >= 15 is 0 Å². The van der Waals surface area contributed by atoms with Gasteiger partial charge in [0, 0.05) is 51.4 Å². The molecule has 3 heterocycles. The van der Waals surface area contributed by atoms with Gasteiger partial charge in [0.1, 0.15) is 23.0 Å². The summed E-state index contributed by atoms with van der Waals surface area (Å²) in [6, 6.07) is 47.3. The van der Waals surface area contributed by atoms with Crippen molar-refractivity contribution in [3.8, 4) is 28.0 Å². The molecule has 4 nitrogen and oxygen atoms in total. The predicted octanol–water partition coefficient (Wildman–Crippen LogP) is 11.9. The van der Waals surface area contributed by atoms with E-state index in [4.69, 9.17) is 9.15 Å². The van der Waals surface area contributed by atoms with Crippen LogP contribution in [0.2, 0.25) is 0 Å². The molecule has 0 spiro atoms. The Kier molecular flexibility index (Phi) is 6.28. The van der Waals surface area contributed by atoms with Crippen molar-refractivity contribution >= 4 is 49.8 Å². The number of allylic oxidation sites excluding steroid dienone is 2. The maximum atomic E-state index is 6.66. The third kappa shape index (κ3) is 4.56. The quantitative estimate of drug-likeness (QED) is 0.190. The zero-order valence-corrected chi connectivity index (χ0v) is 26.5. The van der Waals surface area contributed by atoms with E-state index < -0.39 is 0 Å². The van der Waals surface area contributed by atoms with Crippen LogP contribution in [0.4, 0.5) is 17.1 Å². The molecule has 2 aliphatic rings. The summed E-state index contributed by atoms with van der Waals surface area (Å²) in [5.74, 6) is 1.15. The monoisotopic (exact) mass is 630 g/mol. The second-order valence-corrected chi connectivity index (χ2v) is 12.7. The Morgan fingerprint density at radius 2 is 1.29 bits per heavy atom. The van der Waals surface area contributed by atoms with Crippen LogP contribution in [0.1, 0.15) is 11.5 Å². The number of aromatic nitrogens is 1. The molecule has 10 rings (SSSR count). The van der Waals surface area contributed by atoms with Gasteiger partial charge in [-0.25, -0.2) is 0 Å². The number of ether oxygens (including phenoxy) is 1. The molecule has 2 atom stereocenters. The van der Waals surface area contributed by atoms with Gasteiger partial charge in [0.05, 0.1) is 5.69 Å². The molecule has 2 aromatic heterocycles. The molecule has 232 valence electrons. The number of anilines is 3. The van der Waals surface area contributed by atoms with Crippen molar-refractivity contribution in [2.24, 2.45) is 0 Å². The molecule has 8 aromatic rings. The smallest absolute Gasteiger partial charge is 0.148 e. The lowest BCUT2D eigenvalue weighted by Gasteiger charge is -2.27. The average molecular weight is 631 g/mol. The molecule has 0 bridgehead atoms. The number of nitrogens with zero attached hydrogens (tertiary/aromatic N) is 2. The van der Waals surface area contributed by atoms with Crippen LogP contribution in [-0.4, -0.2) is 11.1 Å². The van der Waals surface area contributed by atoms with Crippen LogP contribution in [0.5, 0.6) is 5.75 Å². The summed E-state index contributed by atoms with van der Waals surface area (Å²) in [7, 11) is 0. The van der Waals surface area contributed by atoms with Gasteiger partial charge in [-0.3, -0.25) is 4.98 Å². The first-order valence-corrected chi connectivity index (χ1v) is 16.7. The van der Waals surface area contributed by atoms with E-state index in [1.807, 2.05) is 18.5 Å². The van der Waals surface area contributed by atoms with Crippen LogP contribution in [-0.2, 0) is 0 Å². The van der Waals surface area contributed by atoms with Gasteiger partial charge in [-0.05, 0) is 88.3 Å². The van der Waals surface area contributed by atoms with E-state index in [0.29, 0.717) is 0 Å². The van der Waals surface area contributed by atoms with Gasteiger partial charge >= 0.3 is 0 Å². The Bertz CT molecular complexity index is 2580. The third-order valence-corrected chi connectivity index (χ3v) is 9.91. The Balaban J connectivity index is 1.08. The number of benzene rings is 6. The molecular formula is C45H30N2O2. The van der Waals surface area contributed by atoms with Crippen molar-refractivity contribution in [3.63, 3.8) is 0 Å². The standard InChI is InChI=1S/C45H30N2O2/c1-2-7-29(8-3-1)30-13-19-34(20-14-30)47(40-11-6-10-37-36-9-4-5-12-41(36)49-45(37)40)35-21-15-31(16-22-35)33-18-23-42-38(27-33)44-39-28-46-26-25-32(39)17-24-43(44)48-42/h1-28,36,41H. The van der Waals surface area contributed by atoms with Crippen molar-refractivity contribution < 1.29 is 9.15 Å². The number of hydrogen-bond acceptors (Lipinski definition) is 4. The molecule has 1 aliphatic heterocycles. The number of hydrogen-bond donors (Lipinski definition) is 0. The first-order valence-electron chi connectivity index (χ1n) is 16.7. The molecule has 0 amide bonds. The normalized spacial score (nSPS) is 16.2. The zero-order valence-electron chi connectivity index (χ0n) is 26.5. The van der Waals surface area contributed by atoms with Crippen molar-refractivity contribution in [2.75, 3.05) is 4.90 Å². The molecule has 1 aliphatic carbocycles. The molecule has 2 unspecified atom stereocenters. The highest BCUT2D eigenvalue weighted by Gasteiger charge is 2.35. The van der Waals surface area contributed by atoms with Gasteiger partial charge in [-0.2, -0.15) is 0 Å². The number of para-hydroxylation sites is 1. The van der Waals surface area contributed by atoms with Gasteiger partial charge in [0.2, 0.25) is 0 Å². The summed E-state index contributed by atoms with van der Waals surface area (Å²) < 4.78 is 12.9. The highest BCUT2D eigenvalue weighted by atomic mass is 16.5. The van der Waals surface area contributed by atoms with E-state index in [1.54, 1.807) is 0 Å². The summed E-state index contributed by atoms with van der Waals surface area (Å²) in [5, 5.41) is 4.45. The lowest BCUT2D eigenvalue weighted by Crippen LogP contribution is -2.16. The number of rotatable bonds is 5. The van der Waals surface area contributed by atoms with Gasteiger partial charge in [-0.1, -0.05) is 97.1 Å². The number of furan rings is 1. The van der Waals surface area contributed by atoms with E-state index in [0.717, 1.165) is 66.6 Å². The fourth-order valence-electron chi connectivity index (χ4n) is 7.51. The van der Waals surface area contributed by atoms with Crippen LogP contribution < -0.4 is 9.64 Å². The predicted molar refractivity (Wildman–Crippen MR) is 200 cm³/mol. The van der Waals surface area contributed by atoms with E-state index in [1.165, 1.54) is 16.7 Å². The molecule has 0 saturated carbocycles. The highest BCUT2D eigenvalue weighted by molar-refractivity contribution is 6.19. The van der Waals surface area contributed by atoms with Crippen LogP contribution >= 0.6 is 0 Å². The van der Waals surface area contributed by atoms with Gasteiger partial charge < -0.3 is 14.1 Å². The topological polar surface area (TPSA) is 38.5 Å². The summed E-state index contributed by atoms with van der Waals surface area (Å²) in [6.45, 7) is 0. The largest absolute Gasteiger partial charge is 0.483 e. The average Bonchev–Trinajstić information content (AvgIpc) is 3.75. The van der Waals surface area contributed by atoms with Crippen molar-refractivity contribution in [1.29, 1.82) is 0 Å². The summed E-state index contributed by atoms with van der Waals surface area (Å²) >= 11 is 0. The summed E-state index contributed by atoms with van der Waals surface area (Å²) in [5.41, 5.74) is 10.8. The minimum atomic E-state index is 0.00709. The third-order valence-electron chi connectivity index (χ3n) is 9.91. The number of pyridine rings is 1. The minimum absolute atomic E-state index is 0.00709. The Hall–Kier alpha value is -6.39. The van der Waals surface area contributed by atoms with E-state index in [2.05, 4.69) is 162 Å². The van der Waals surface area contributed by atoms with E-state index in [9.17, 15) is 0 Å². The maximum Gasteiger partial charge on any atom is 0.148 e. The van der Waals surface area contributed by atoms with Crippen LogP contribution in [0.25, 0.3) is 55.0 Å². The van der Waals surface area contributed by atoms with Gasteiger partial charge in [-0.15, -0.1) is 0 Å². The van der Waals surface area contributed by atoms with E-state index in [-0.39, 0.29) is 12.0 Å². The second kappa shape index (κ2) is 11.1. The molecule has 6 aromatic carbocycles. The maximum absolute atomic E-state index is 6.66. The Morgan fingerprint density at radius 3 is 2.10 bits per heavy atom. The molecule has 0 N–H and O–H groups in total. The van der Waals surface area contributed by atoms with Crippen molar-refractivity contribution in [3.05, 3.63) is 176 Å². The van der Waals surface area contributed by atoms with Gasteiger partial charge in [0.25, 0.3) is 0 Å². The van der Waals surface area contributed by atoms with Crippen molar-refractivity contribution in [1.82, 2.24) is 4.98 Å². The SMILES string of the molecule is C1=CC2Oc3c(cccc3N(c3ccc(-c4ccccc4)cc3)c3ccc(-c4ccc5oc6ccc7ccncc7c6c5c4)cc3)C2C=C1. The Morgan fingerprint density at radius 1 is 0.571 bits per heavy atom. The van der Waals surface area contributed by atoms with Crippen LogP contribution in [0, 0.1) is 0 Å². The molecule has 0 radical (unpaired) electrons. The van der Waals surface area contributed by atoms with Crippen LogP contribution in [0.3, 0.4) is 0 Å². The fraction of sp³-hybridized carbons (Fsp3) is 0.0444. The first kappa shape index (κ1) is 27.7. The number of fused-ring (bicyclic) bond motifs is 8. The molecular weight excluding hydrogens is 601 g/mol. The molecule has 49 heavy (non-hydrogen) atoms. The molecule has 0 fully saturated rings. The minimum Gasteiger partial charge on any atom is -0.483 e. The molecule has 4 heteroatoms. The zero-order chi connectivity index (χ0) is 32.3. The first-order chi connectivity index (χ1) is 24.3. The Labute approximate surface area is 283 Å². The fourth-order valence-corrected chi connectivity index (χ4v) is 7.51.